The summed E-state index contributed by atoms with van der Waals surface area (Å²) in [7, 11) is -3.83. The fourth-order valence-electron chi connectivity index (χ4n) is 3.96. The third-order valence-electron chi connectivity index (χ3n) is 5.67. The van der Waals surface area contributed by atoms with Crippen LogP contribution in [0.4, 0.5) is 5.69 Å². The zero-order chi connectivity index (χ0) is 27.0. The highest BCUT2D eigenvalue weighted by molar-refractivity contribution is 7.92. The number of nitrogens with zero attached hydrogens (tertiary/aromatic N) is 2. The molecule has 3 rings (SSSR count). The van der Waals surface area contributed by atoms with Gasteiger partial charge < -0.3 is 10.2 Å². The molecule has 0 bridgehead atoms. The van der Waals surface area contributed by atoms with E-state index >= 15 is 0 Å². The summed E-state index contributed by atoms with van der Waals surface area (Å²) in [5, 5.41) is 3.27. The van der Waals surface area contributed by atoms with Gasteiger partial charge in [-0.2, -0.15) is 0 Å². The number of halogens is 1. The maximum Gasteiger partial charge on any atom is 0.244 e. The lowest BCUT2D eigenvalue weighted by Crippen LogP contribution is -2.54. The zero-order valence-corrected chi connectivity index (χ0v) is 22.7. The second-order valence-electron chi connectivity index (χ2n) is 9.13. The molecule has 0 aliphatic heterocycles. The van der Waals surface area contributed by atoms with Gasteiger partial charge in [0.15, 0.2) is 0 Å². The fraction of sp³-hybridized carbons (Fsp3) is 0.286. The van der Waals surface area contributed by atoms with E-state index in [1.54, 1.807) is 18.2 Å². The molecule has 0 aliphatic carbocycles. The summed E-state index contributed by atoms with van der Waals surface area (Å²) in [6.07, 6.45) is 1.31. The Hall–Kier alpha value is -3.36. The van der Waals surface area contributed by atoms with E-state index < -0.39 is 28.5 Å². The second kappa shape index (κ2) is 12.7. The molecule has 0 aromatic heterocycles. The van der Waals surface area contributed by atoms with Crippen molar-refractivity contribution in [2.24, 2.45) is 0 Å². The van der Waals surface area contributed by atoms with E-state index in [1.807, 2.05) is 74.5 Å². The second-order valence-corrected chi connectivity index (χ2v) is 11.5. The van der Waals surface area contributed by atoms with Crippen LogP contribution in [0.5, 0.6) is 0 Å². The summed E-state index contributed by atoms with van der Waals surface area (Å²) < 4.78 is 26.5. The Balaban J connectivity index is 2.03. The van der Waals surface area contributed by atoms with Gasteiger partial charge in [-0.25, -0.2) is 8.42 Å². The van der Waals surface area contributed by atoms with Gasteiger partial charge in [-0.15, -0.1) is 0 Å². The molecule has 3 aromatic rings. The number of rotatable bonds is 11. The van der Waals surface area contributed by atoms with Crippen molar-refractivity contribution < 1.29 is 18.0 Å². The molecule has 7 nitrogen and oxygen atoms in total. The van der Waals surface area contributed by atoms with Gasteiger partial charge in [0.25, 0.3) is 0 Å². The minimum Gasteiger partial charge on any atom is -0.352 e. The van der Waals surface area contributed by atoms with Crippen molar-refractivity contribution in [2.75, 3.05) is 17.1 Å². The first kappa shape index (κ1) is 28.2. The number of anilines is 1. The lowest BCUT2D eigenvalue weighted by atomic mass is 10.0. The van der Waals surface area contributed by atoms with Crippen LogP contribution in [0.1, 0.15) is 25.0 Å². The van der Waals surface area contributed by atoms with Crippen LogP contribution in [0.15, 0.2) is 84.9 Å². The van der Waals surface area contributed by atoms with Crippen LogP contribution in [-0.2, 0) is 32.6 Å². The topological polar surface area (TPSA) is 86.8 Å². The number of hydrogen-bond acceptors (Lipinski definition) is 4. The monoisotopic (exact) mass is 541 g/mol. The standard InChI is InChI=1S/C28H32ClN3O4S/c1-21(2)30-28(34)26(17-22-11-6-4-7-12-22)31(19-23-13-8-5-9-14-23)27(33)20-32(37(3,35)36)25-16-10-15-24(29)18-25/h4-16,18,21,26H,17,19-20H2,1-3H3,(H,30,34)/t26-/m0/s1. The molecule has 0 saturated carbocycles. The molecular formula is C28H32ClN3O4S. The molecule has 0 heterocycles. The number of sulfonamides is 1. The molecule has 0 unspecified atom stereocenters. The molecule has 3 aromatic carbocycles. The predicted octanol–water partition coefficient (Wildman–Crippen LogP) is 4.27. The predicted molar refractivity (Wildman–Crippen MR) is 148 cm³/mol. The molecule has 2 amide bonds. The molecule has 196 valence electrons. The molecule has 0 saturated heterocycles. The van der Waals surface area contributed by atoms with Crippen molar-refractivity contribution in [3.8, 4) is 0 Å². The van der Waals surface area contributed by atoms with E-state index in [1.165, 1.54) is 11.0 Å². The van der Waals surface area contributed by atoms with Crippen LogP contribution in [0, 0.1) is 0 Å². The van der Waals surface area contributed by atoms with Gasteiger partial charge in [0.2, 0.25) is 21.8 Å². The average molecular weight is 542 g/mol. The molecule has 0 fully saturated rings. The van der Waals surface area contributed by atoms with Crippen molar-refractivity contribution >= 4 is 39.1 Å². The SMILES string of the molecule is CC(C)NC(=O)[C@H](Cc1ccccc1)N(Cc1ccccc1)C(=O)CN(c1cccc(Cl)c1)S(C)(=O)=O. The Morgan fingerprint density at radius 2 is 1.49 bits per heavy atom. The van der Waals surface area contributed by atoms with E-state index in [9.17, 15) is 18.0 Å². The first-order chi connectivity index (χ1) is 17.5. The van der Waals surface area contributed by atoms with E-state index in [4.69, 9.17) is 11.6 Å². The highest BCUT2D eigenvalue weighted by atomic mass is 35.5. The smallest absolute Gasteiger partial charge is 0.244 e. The molecule has 0 spiro atoms. The highest BCUT2D eigenvalue weighted by Gasteiger charge is 2.33. The zero-order valence-electron chi connectivity index (χ0n) is 21.2. The van der Waals surface area contributed by atoms with Crippen molar-refractivity contribution in [1.82, 2.24) is 10.2 Å². The van der Waals surface area contributed by atoms with Crippen molar-refractivity contribution in [3.63, 3.8) is 0 Å². The van der Waals surface area contributed by atoms with E-state index in [0.29, 0.717) is 5.02 Å². The van der Waals surface area contributed by atoms with Crippen LogP contribution >= 0.6 is 11.6 Å². The molecule has 0 radical (unpaired) electrons. The Kier molecular flexibility index (Phi) is 9.72. The Bertz CT molecular complexity index is 1300. The Morgan fingerprint density at radius 1 is 0.892 bits per heavy atom. The summed E-state index contributed by atoms with van der Waals surface area (Å²) in [6, 6.07) is 24.1. The van der Waals surface area contributed by atoms with Crippen molar-refractivity contribution in [1.29, 1.82) is 0 Å². The van der Waals surface area contributed by atoms with Crippen molar-refractivity contribution in [2.45, 2.75) is 38.9 Å². The first-order valence-corrected chi connectivity index (χ1v) is 14.2. The molecule has 37 heavy (non-hydrogen) atoms. The van der Waals surface area contributed by atoms with Crippen LogP contribution in [0.25, 0.3) is 0 Å². The Morgan fingerprint density at radius 3 is 2.03 bits per heavy atom. The number of hydrogen-bond donors (Lipinski definition) is 1. The van der Waals surface area contributed by atoms with Crippen LogP contribution in [0.2, 0.25) is 5.02 Å². The van der Waals surface area contributed by atoms with E-state index in [2.05, 4.69) is 5.32 Å². The average Bonchev–Trinajstić information content (AvgIpc) is 2.84. The summed E-state index contributed by atoms with van der Waals surface area (Å²) >= 11 is 6.11. The van der Waals surface area contributed by atoms with Gasteiger partial charge in [-0.1, -0.05) is 78.3 Å². The lowest BCUT2D eigenvalue weighted by Gasteiger charge is -2.34. The molecule has 0 aliphatic rings. The lowest BCUT2D eigenvalue weighted by molar-refractivity contribution is -0.140. The van der Waals surface area contributed by atoms with Gasteiger partial charge in [-0.3, -0.25) is 13.9 Å². The molecule has 9 heteroatoms. The summed E-state index contributed by atoms with van der Waals surface area (Å²) in [5.74, 6) is -0.814. The summed E-state index contributed by atoms with van der Waals surface area (Å²) in [4.78, 5) is 28.8. The van der Waals surface area contributed by atoms with Crippen LogP contribution in [0.3, 0.4) is 0 Å². The third-order valence-corrected chi connectivity index (χ3v) is 7.05. The van der Waals surface area contributed by atoms with Gasteiger partial charge in [0, 0.05) is 24.0 Å². The summed E-state index contributed by atoms with van der Waals surface area (Å²) in [5.41, 5.74) is 1.97. The highest BCUT2D eigenvalue weighted by Crippen LogP contribution is 2.23. The van der Waals surface area contributed by atoms with Gasteiger partial charge in [-0.05, 0) is 43.2 Å². The minimum absolute atomic E-state index is 0.135. The van der Waals surface area contributed by atoms with Crippen LogP contribution < -0.4 is 9.62 Å². The van der Waals surface area contributed by atoms with Gasteiger partial charge in [0.1, 0.15) is 12.6 Å². The molecule has 1 atom stereocenters. The number of nitrogens with one attached hydrogen (secondary N) is 1. The van der Waals surface area contributed by atoms with E-state index in [-0.39, 0.29) is 30.6 Å². The maximum absolute atomic E-state index is 13.9. The number of carbonyl (C=O) groups excluding carboxylic acids is 2. The minimum atomic E-state index is -3.83. The third kappa shape index (κ3) is 8.33. The molecular weight excluding hydrogens is 510 g/mol. The van der Waals surface area contributed by atoms with E-state index in [0.717, 1.165) is 21.7 Å². The van der Waals surface area contributed by atoms with Crippen LogP contribution in [-0.4, -0.2) is 50.0 Å². The number of amides is 2. The normalized spacial score (nSPS) is 12.1. The Labute approximate surface area is 224 Å². The van der Waals surface area contributed by atoms with Gasteiger partial charge >= 0.3 is 0 Å². The quantitative estimate of drug-likeness (QED) is 0.393. The fourth-order valence-corrected chi connectivity index (χ4v) is 4.99. The number of carbonyl (C=O) groups is 2. The molecule has 1 N–H and O–H groups in total. The van der Waals surface area contributed by atoms with Crippen molar-refractivity contribution in [3.05, 3.63) is 101 Å². The summed E-state index contributed by atoms with van der Waals surface area (Å²) in [6.45, 7) is 3.36. The maximum atomic E-state index is 13.9. The van der Waals surface area contributed by atoms with Gasteiger partial charge in [0.05, 0.1) is 11.9 Å². The first-order valence-electron chi connectivity index (χ1n) is 12.0. The largest absolute Gasteiger partial charge is 0.352 e. The number of benzene rings is 3.